The van der Waals surface area contributed by atoms with Gasteiger partial charge >= 0.3 is 0 Å². The standard InChI is InChI=1S/C14H26N2O/c1-12(2)13-5-9-15(10-6-13)11-14(17)16-7-3-4-8-16/h12-13H,3-11H2,1-2H3. The molecule has 2 rings (SSSR count). The van der Waals surface area contributed by atoms with Crippen molar-refractivity contribution in [2.24, 2.45) is 11.8 Å². The fourth-order valence-electron chi connectivity index (χ4n) is 3.04. The first-order valence-corrected chi connectivity index (χ1v) is 7.17. The Morgan fingerprint density at radius 2 is 1.71 bits per heavy atom. The van der Waals surface area contributed by atoms with Crippen molar-refractivity contribution in [3.63, 3.8) is 0 Å². The van der Waals surface area contributed by atoms with E-state index in [2.05, 4.69) is 18.7 Å². The van der Waals surface area contributed by atoms with E-state index in [1.807, 2.05) is 4.90 Å². The van der Waals surface area contributed by atoms with Crippen LogP contribution in [-0.4, -0.2) is 48.4 Å². The van der Waals surface area contributed by atoms with Crippen molar-refractivity contribution in [3.8, 4) is 0 Å². The number of likely N-dealkylation sites (tertiary alicyclic amines) is 2. The molecule has 0 radical (unpaired) electrons. The molecular weight excluding hydrogens is 212 g/mol. The van der Waals surface area contributed by atoms with E-state index in [0.29, 0.717) is 12.5 Å². The zero-order chi connectivity index (χ0) is 12.3. The molecule has 0 N–H and O–H groups in total. The quantitative estimate of drug-likeness (QED) is 0.750. The molecule has 17 heavy (non-hydrogen) atoms. The molecule has 2 fully saturated rings. The lowest BCUT2D eigenvalue weighted by Crippen LogP contribution is -2.43. The summed E-state index contributed by atoms with van der Waals surface area (Å²) in [6.07, 6.45) is 4.93. The Bertz CT molecular complexity index is 251. The van der Waals surface area contributed by atoms with Gasteiger partial charge in [-0.3, -0.25) is 9.69 Å². The fourth-order valence-corrected chi connectivity index (χ4v) is 3.04. The van der Waals surface area contributed by atoms with E-state index in [9.17, 15) is 4.79 Å². The highest BCUT2D eigenvalue weighted by atomic mass is 16.2. The molecule has 3 heteroatoms. The van der Waals surface area contributed by atoms with E-state index in [1.54, 1.807) is 0 Å². The Morgan fingerprint density at radius 3 is 2.24 bits per heavy atom. The first-order chi connectivity index (χ1) is 8.16. The maximum atomic E-state index is 12.0. The van der Waals surface area contributed by atoms with E-state index in [-0.39, 0.29) is 0 Å². The summed E-state index contributed by atoms with van der Waals surface area (Å²) in [6.45, 7) is 9.49. The smallest absolute Gasteiger partial charge is 0.236 e. The van der Waals surface area contributed by atoms with E-state index in [1.165, 1.54) is 25.7 Å². The highest BCUT2D eigenvalue weighted by Gasteiger charge is 2.25. The molecule has 0 aromatic heterocycles. The highest BCUT2D eigenvalue weighted by molar-refractivity contribution is 5.78. The third kappa shape index (κ3) is 3.44. The second kappa shape index (κ2) is 5.85. The number of hydrogen-bond acceptors (Lipinski definition) is 2. The van der Waals surface area contributed by atoms with Crippen LogP contribution in [-0.2, 0) is 4.79 Å². The number of hydrogen-bond donors (Lipinski definition) is 0. The van der Waals surface area contributed by atoms with Crippen molar-refractivity contribution in [2.45, 2.75) is 39.5 Å². The highest BCUT2D eigenvalue weighted by Crippen LogP contribution is 2.24. The van der Waals surface area contributed by atoms with E-state index < -0.39 is 0 Å². The Hall–Kier alpha value is -0.570. The number of carbonyl (C=O) groups excluding carboxylic acids is 1. The minimum atomic E-state index is 0.352. The average molecular weight is 238 g/mol. The molecule has 0 aromatic carbocycles. The van der Waals surface area contributed by atoms with Gasteiger partial charge in [0.25, 0.3) is 0 Å². The van der Waals surface area contributed by atoms with Crippen LogP contribution >= 0.6 is 0 Å². The summed E-state index contributed by atoms with van der Waals surface area (Å²) < 4.78 is 0. The maximum Gasteiger partial charge on any atom is 0.236 e. The Balaban J connectivity index is 1.72. The molecule has 0 bridgehead atoms. The third-order valence-electron chi connectivity index (χ3n) is 4.39. The first kappa shape index (κ1) is 12.9. The predicted octanol–water partition coefficient (Wildman–Crippen LogP) is 1.98. The van der Waals surface area contributed by atoms with Crippen LogP contribution in [0.1, 0.15) is 39.5 Å². The fraction of sp³-hybridized carbons (Fsp3) is 0.929. The predicted molar refractivity (Wildman–Crippen MR) is 69.8 cm³/mol. The van der Waals surface area contributed by atoms with Crippen LogP contribution in [0.5, 0.6) is 0 Å². The second-order valence-electron chi connectivity index (χ2n) is 5.95. The molecule has 2 heterocycles. The second-order valence-corrected chi connectivity index (χ2v) is 5.95. The Morgan fingerprint density at radius 1 is 1.12 bits per heavy atom. The van der Waals surface area contributed by atoms with Crippen molar-refractivity contribution in [1.82, 2.24) is 9.80 Å². The van der Waals surface area contributed by atoms with Crippen LogP contribution in [0.4, 0.5) is 0 Å². The van der Waals surface area contributed by atoms with Crippen molar-refractivity contribution in [2.75, 3.05) is 32.7 Å². The van der Waals surface area contributed by atoms with Gasteiger partial charge in [-0.1, -0.05) is 13.8 Å². The summed E-state index contributed by atoms with van der Waals surface area (Å²) in [5.41, 5.74) is 0. The van der Waals surface area contributed by atoms with Crippen molar-refractivity contribution < 1.29 is 4.79 Å². The molecule has 0 spiro atoms. The zero-order valence-electron chi connectivity index (χ0n) is 11.3. The van der Waals surface area contributed by atoms with Crippen LogP contribution < -0.4 is 0 Å². The van der Waals surface area contributed by atoms with Gasteiger partial charge in [-0.15, -0.1) is 0 Å². The average Bonchev–Trinajstić information content (AvgIpc) is 2.83. The van der Waals surface area contributed by atoms with Crippen molar-refractivity contribution >= 4 is 5.91 Å². The molecule has 98 valence electrons. The summed E-state index contributed by atoms with van der Waals surface area (Å²) in [4.78, 5) is 16.4. The van der Waals surface area contributed by atoms with Gasteiger partial charge in [0.2, 0.25) is 5.91 Å². The molecule has 2 aliphatic rings. The summed E-state index contributed by atoms with van der Waals surface area (Å²) in [6, 6.07) is 0. The minimum Gasteiger partial charge on any atom is -0.342 e. The molecular formula is C14H26N2O. The van der Waals surface area contributed by atoms with Gasteiger partial charge in [0.05, 0.1) is 6.54 Å². The van der Waals surface area contributed by atoms with Gasteiger partial charge in [0.15, 0.2) is 0 Å². The molecule has 0 aromatic rings. The minimum absolute atomic E-state index is 0.352. The van der Waals surface area contributed by atoms with Gasteiger partial charge in [-0.05, 0) is 50.6 Å². The van der Waals surface area contributed by atoms with Gasteiger partial charge in [-0.2, -0.15) is 0 Å². The number of piperidine rings is 1. The third-order valence-corrected chi connectivity index (χ3v) is 4.39. The zero-order valence-corrected chi connectivity index (χ0v) is 11.3. The Kier molecular flexibility index (Phi) is 4.43. The Labute approximate surface area is 105 Å². The SMILES string of the molecule is CC(C)C1CCN(CC(=O)N2CCCC2)CC1. The lowest BCUT2D eigenvalue weighted by molar-refractivity contribution is -0.131. The topological polar surface area (TPSA) is 23.6 Å². The molecule has 2 saturated heterocycles. The maximum absolute atomic E-state index is 12.0. The first-order valence-electron chi connectivity index (χ1n) is 7.17. The van der Waals surface area contributed by atoms with Crippen LogP contribution in [0, 0.1) is 11.8 Å². The summed E-state index contributed by atoms with van der Waals surface area (Å²) in [5.74, 6) is 2.02. The van der Waals surface area contributed by atoms with E-state index in [4.69, 9.17) is 0 Å². The molecule has 3 nitrogen and oxygen atoms in total. The molecule has 0 saturated carbocycles. The van der Waals surface area contributed by atoms with Crippen LogP contribution in [0.3, 0.4) is 0 Å². The molecule has 2 aliphatic heterocycles. The van der Waals surface area contributed by atoms with E-state index >= 15 is 0 Å². The largest absolute Gasteiger partial charge is 0.342 e. The summed E-state index contributed by atoms with van der Waals surface area (Å²) >= 11 is 0. The summed E-state index contributed by atoms with van der Waals surface area (Å²) in [5, 5.41) is 0. The van der Waals surface area contributed by atoms with Gasteiger partial charge in [0, 0.05) is 13.1 Å². The normalized spacial score (nSPS) is 23.6. The number of nitrogens with zero attached hydrogens (tertiary/aromatic N) is 2. The van der Waals surface area contributed by atoms with Crippen LogP contribution in [0.25, 0.3) is 0 Å². The number of amides is 1. The van der Waals surface area contributed by atoms with Crippen LogP contribution in [0.15, 0.2) is 0 Å². The van der Waals surface area contributed by atoms with E-state index in [0.717, 1.165) is 38.0 Å². The monoisotopic (exact) mass is 238 g/mol. The number of carbonyl (C=O) groups is 1. The number of rotatable bonds is 3. The summed E-state index contributed by atoms with van der Waals surface area (Å²) in [7, 11) is 0. The van der Waals surface area contributed by atoms with Crippen molar-refractivity contribution in [1.29, 1.82) is 0 Å². The molecule has 0 atom stereocenters. The van der Waals surface area contributed by atoms with Gasteiger partial charge in [-0.25, -0.2) is 0 Å². The molecule has 0 unspecified atom stereocenters. The van der Waals surface area contributed by atoms with Gasteiger partial charge in [0.1, 0.15) is 0 Å². The lowest BCUT2D eigenvalue weighted by Gasteiger charge is -2.34. The lowest BCUT2D eigenvalue weighted by atomic mass is 9.87. The molecule has 1 amide bonds. The van der Waals surface area contributed by atoms with Crippen LogP contribution in [0.2, 0.25) is 0 Å². The van der Waals surface area contributed by atoms with Gasteiger partial charge < -0.3 is 4.90 Å². The molecule has 0 aliphatic carbocycles. The van der Waals surface area contributed by atoms with Crippen molar-refractivity contribution in [3.05, 3.63) is 0 Å².